The van der Waals surface area contributed by atoms with E-state index in [1.807, 2.05) is 0 Å². The molecule has 0 heterocycles. The van der Waals surface area contributed by atoms with Crippen molar-refractivity contribution >= 4 is 0 Å². The molecule has 0 bridgehead atoms. The van der Waals surface area contributed by atoms with Gasteiger partial charge in [-0.15, -0.1) is 6.58 Å². The van der Waals surface area contributed by atoms with E-state index >= 15 is 0 Å². The van der Waals surface area contributed by atoms with Crippen LogP contribution in [0.25, 0.3) is 0 Å². The average molecular weight is 199 g/mol. The Labute approximate surface area is 81.0 Å². The Kier molecular flexibility index (Phi) is 3.19. The largest absolute Gasteiger partial charge is 0.496 e. The molecule has 1 unspecified atom stereocenters. The predicted molar refractivity (Wildman–Crippen MR) is 50.0 cm³/mol. The molecule has 0 saturated heterocycles. The molecule has 0 aliphatic carbocycles. The van der Waals surface area contributed by atoms with Crippen LogP contribution in [0, 0.1) is 11.6 Å². The minimum absolute atomic E-state index is 0.219. The van der Waals surface area contributed by atoms with Crippen LogP contribution < -0.4 is 10.5 Å². The molecule has 1 rings (SSSR count). The van der Waals surface area contributed by atoms with Gasteiger partial charge < -0.3 is 10.5 Å². The molecule has 14 heavy (non-hydrogen) atoms. The molecule has 0 saturated carbocycles. The van der Waals surface area contributed by atoms with E-state index in [2.05, 4.69) is 6.58 Å². The fraction of sp³-hybridized carbons (Fsp3) is 0.200. The summed E-state index contributed by atoms with van der Waals surface area (Å²) < 4.78 is 30.5. The molecular formula is C10H11F2NO. The fourth-order valence-corrected chi connectivity index (χ4v) is 1.11. The van der Waals surface area contributed by atoms with Crippen molar-refractivity contribution in [1.82, 2.24) is 0 Å². The summed E-state index contributed by atoms with van der Waals surface area (Å²) in [6.45, 7) is 3.47. The van der Waals surface area contributed by atoms with Crippen LogP contribution in [0.3, 0.4) is 0 Å². The van der Waals surface area contributed by atoms with Crippen LogP contribution in [0.4, 0.5) is 8.78 Å². The number of hydrogen-bond acceptors (Lipinski definition) is 2. The van der Waals surface area contributed by atoms with Crippen molar-refractivity contribution in [3.05, 3.63) is 42.0 Å². The normalized spacial score (nSPS) is 12.3. The van der Waals surface area contributed by atoms with E-state index in [9.17, 15) is 8.78 Å². The molecule has 0 aromatic heterocycles. The SMILES string of the molecule is C=CC(N)c1cc(F)c(F)cc1OC. The molecule has 1 aromatic carbocycles. The second-order valence-corrected chi connectivity index (χ2v) is 2.77. The third kappa shape index (κ3) is 1.90. The lowest BCUT2D eigenvalue weighted by Gasteiger charge is -2.12. The summed E-state index contributed by atoms with van der Waals surface area (Å²) in [6, 6.07) is 1.41. The first-order valence-corrected chi connectivity index (χ1v) is 4.01. The van der Waals surface area contributed by atoms with Crippen molar-refractivity contribution in [2.45, 2.75) is 6.04 Å². The van der Waals surface area contributed by atoms with Crippen molar-refractivity contribution in [1.29, 1.82) is 0 Å². The number of methoxy groups -OCH3 is 1. The van der Waals surface area contributed by atoms with Gasteiger partial charge in [-0.1, -0.05) is 6.08 Å². The highest BCUT2D eigenvalue weighted by Gasteiger charge is 2.13. The molecule has 2 N–H and O–H groups in total. The summed E-state index contributed by atoms with van der Waals surface area (Å²) in [5, 5.41) is 0. The highest BCUT2D eigenvalue weighted by molar-refractivity contribution is 5.38. The van der Waals surface area contributed by atoms with Crippen LogP contribution in [0.15, 0.2) is 24.8 Å². The summed E-state index contributed by atoms with van der Waals surface area (Å²) in [7, 11) is 1.37. The zero-order valence-electron chi connectivity index (χ0n) is 7.76. The van der Waals surface area contributed by atoms with Crippen LogP contribution in [0.1, 0.15) is 11.6 Å². The summed E-state index contributed by atoms with van der Waals surface area (Å²) in [4.78, 5) is 0. The highest BCUT2D eigenvalue weighted by Crippen LogP contribution is 2.26. The van der Waals surface area contributed by atoms with Crippen LogP contribution >= 0.6 is 0 Å². The van der Waals surface area contributed by atoms with Crippen LogP contribution in [0.5, 0.6) is 5.75 Å². The highest BCUT2D eigenvalue weighted by atomic mass is 19.2. The van der Waals surface area contributed by atoms with Gasteiger partial charge in [0.25, 0.3) is 0 Å². The Balaban J connectivity index is 3.26. The van der Waals surface area contributed by atoms with E-state index in [4.69, 9.17) is 10.5 Å². The van der Waals surface area contributed by atoms with Crippen molar-refractivity contribution in [3.8, 4) is 5.75 Å². The number of nitrogens with two attached hydrogens (primary N) is 1. The van der Waals surface area contributed by atoms with Gasteiger partial charge in [0.2, 0.25) is 0 Å². The van der Waals surface area contributed by atoms with Gasteiger partial charge in [0.15, 0.2) is 11.6 Å². The molecular weight excluding hydrogens is 188 g/mol. The maximum absolute atomic E-state index is 12.9. The van der Waals surface area contributed by atoms with E-state index in [1.54, 1.807) is 0 Å². The van der Waals surface area contributed by atoms with Gasteiger partial charge >= 0.3 is 0 Å². The van der Waals surface area contributed by atoms with Crippen molar-refractivity contribution < 1.29 is 13.5 Å². The Bertz CT molecular complexity index is 352. The summed E-state index contributed by atoms with van der Waals surface area (Å²) >= 11 is 0. The molecule has 0 aliphatic rings. The van der Waals surface area contributed by atoms with Gasteiger partial charge in [-0.25, -0.2) is 8.78 Å². The van der Waals surface area contributed by atoms with Gasteiger partial charge in [0.1, 0.15) is 5.75 Å². The molecule has 0 fully saturated rings. The fourth-order valence-electron chi connectivity index (χ4n) is 1.11. The minimum atomic E-state index is -0.957. The zero-order chi connectivity index (χ0) is 10.7. The van der Waals surface area contributed by atoms with Gasteiger partial charge in [-0.2, -0.15) is 0 Å². The number of ether oxygens (including phenoxy) is 1. The molecule has 0 amide bonds. The lowest BCUT2D eigenvalue weighted by molar-refractivity contribution is 0.399. The van der Waals surface area contributed by atoms with Crippen molar-refractivity contribution in [2.75, 3.05) is 7.11 Å². The van der Waals surface area contributed by atoms with Gasteiger partial charge in [0, 0.05) is 11.6 Å². The van der Waals surface area contributed by atoms with Crippen LogP contribution in [-0.2, 0) is 0 Å². The Hall–Kier alpha value is -1.42. The molecule has 0 aliphatic heterocycles. The topological polar surface area (TPSA) is 35.2 Å². The van der Waals surface area contributed by atoms with Gasteiger partial charge in [0.05, 0.1) is 13.2 Å². The van der Waals surface area contributed by atoms with E-state index in [-0.39, 0.29) is 5.75 Å². The molecule has 1 atom stereocenters. The maximum atomic E-state index is 12.9. The summed E-state index contributed by atoms with van der Waals surface area (Å²) in [6.07, 6.45) is 1.43. The van der Waals surface area contributed by atoms with E-state index in [0.717, 1.165) is 12.1 Å². The van der Waals surface area contributed by atoms with Crippen LogP contribution in [-0.4, -0.2) is 7.11 Å². The second-order valence-electron chi connectivity index (χ2n) is 2.77. The first-order chi connectivity index (χ1) is 6.60. The molecule has 1 aromatic rings. The van der Waals surface area contributed by atoms with Crippen LogP contribution in [0.2, 0.25) is 0 Å². The third-order valence-electron chi connectivity index (χ3n) is 1.89. The maximum Gasteiger partial charge on any atom is 0.162 e. The van der Waals surface area contributed by atoms with Gasteiger partial charge in [-0.05, 0) is 6.07 Å². The quantitative estimate of drug-likeness (QED) is 0.757. The molecule has 0 radical (unpaired) electrons. The number of hydrogen-bond donors (Lipinski definition) is 1. The number of benzene rings is 1. The number of halogens is 2. The van der Waals surface area contributed by atoms with E-state index < -0.39 is 17.7 Å². The van der Waals surface area contributed by atoms with E-state index in [0.29, 0.717) is 5.56 Å². The molecule has 76 valence electrons. The first-order valence-electron chi connectivity index (χ1n) is 4.01. The summed E-state index contributed by atoms with van der Waals surface area (Å²) in [5.41, 5.74) is 5.98. The summed E-state index contributed by atoms with van der Waals surface area (Å²) in [5.74, 6) is -1.68. The predicted octanol–water partition coefficient (Wildman–Crippen LogP) is 2.16. The lowest BCUT2D eigenvalue weighted by atomic mass is 10.1. The standard InChI is InChI=1S/C10H11F2NO/c1-3-9(13)6-4-7(11)8(12)5-10(6)14-2/h3-5,9H,1,13H2,2H3. The van der Waals surface area contributed by atoms with Crippen molar-refractivity contribution in [2.24, 2.45) is 5.73 Å². The lowest BCUT2D eigenvalue weighted by Crippen LogP contribution is -2.09. The molecule has 0 spiro atoms. The Morgan fingerprint density at radius 3 is 2.50 bits per heavy atom. The minimum Gasteiger partial charge on any atom is -0.496 e. The molecule has 2 nitrogen and oxygen atoms in total. The second kappa shape index (κ2) is 4.19. The number of rotatable bonds is 3. The monoisotopic (exact) mass is 199 g/mol. The Morgan fingerprint density at radius 1 is 1.43 bits per heavy atom. The smallest absolute Gasteiger partial charge is 0.162 e. The van der Waals surface area contributed by atoms with E-state index in [1.165, 1.54) is 13.2 Å². The zero-order valence-corrected chi connectivity index (χ0v) is 7.76. The average Bonchev–Trinajstić information content (AvgIpc) is 2.20. The third-order valence-corrected chi connectivity index (χ3v) is 1.89. The van der Waals surface area contributed by atoms with Gasteiger partial charge in [-0.3, -0.25) is 0 Å². The molecule has 4 heteroatoms. The van der Waals surface area contributed by atoms with Crippen molar-refractivity contribution in [3.63, 3.8) is 0 Å². The Morgan fingerprint density at radius 2 is 2.00 bits per heavy atom. The first kappa shape index (κ1) is 10.7.